The van der Waals surface area contributed by atoms with Gasteiger partial charge in [0.05, 0.1) is 11.3 Å². The Balaban J connectivity index is 2.54. The molecule has 0 amide bonds. The molecule has 0 fully saturated rings. The van der Waals surface area contributed by atoms with Crippen molar-refractivity contribution in [1.29, 1.82) is 0 Å². The molecule has 5 nitrogen and oxygen atoms in total. The Kier molecular flexibility index (Phi) is 3.54. The zero-order valence-corrected chi connectivity index (χ0v) is 10.7. The summed E-state index contributed by atoms with van der Waals surface area (Å²) in [6.45, 7) is 1.50. The van der Waals surface area contributed by atoms with E-state index in [9.17, 15) is 22.8 Å². The number of halogens is 3. The second-order valence-corrected chi connectivity index (χ2v) is 4.26. The van der Waals surface area contributed by atoms with Gasteiger partial charge in [-0.3, -0.25) is 4.79 Å². The summed E-state index contributed by atoms with van der Waals surface area (Å²) in [5, 5.41) is 12.5. The first-order chi connectivity index (χ1) is 9.70. The van der Waals surface area contributed by atoms with E-state index in [-0.39, 0.29) is 5.69 Å². The highest BCUT2D eigenvalue weighted by Gasteiger charge is 2.30. The van der Waals surface area contributed by atoms with E-state index < -0.39 is 28.8 Å². The molecule has 2 rings (SSSR count). The molecule has 0 atom stereocenters. The first kappa shape index (κ1) is 14.8. The molecule has 1 heterocycles. The number of nitrogens with zero attached hydrogens (tertiary/aromatic N) is 2. The van der Waals surface area contributed by atoms with Crippen molar-refractivity contribution in [3.8, 4) is 5.69 Å². The lowest BCUT2D eigenvalue weighted by molar-refractivity contribution is -0.137. The molecule has 1 aromatic carbocycles. The molecule has 2 aromatic rings. The minimum Gasteiger partial charge on any atom is -0.476 e. The third kappa shape index (κ3) is 2.93. The van der Waals surface area contributed by atoms with Crippen molar-refractivity contribution in [2.24, 2.45) is 0 Å². The minimum atomic E-state index is -4.46. The van der Waals surface area contributed by atoms with Crippen LogP contribution in [0.2, 0.25) is 0 Å². The number of hydrogen-bond acceptors (Lipinski definition) is 3. The Morgan fingerprint density at radius 3 is 2.29 bits per heavy atom. The Labute approximate surface area is 116 Å². The highest BCUT2D eigenvalue weighted by Crippen LogP contribution is 2.29. The van der Waals surface area contributed by atoms with E-state index in [1.54, 1.807) is 0 Å². The van der Waals surface area contributed by atoms with Crippen molar-refractivity contribution in [3.05, 3.63) is 57.5 Å². The first-order valence-electron chi connectivity index (χ1n) is 5.72. The third-order valence-electron chi connectivity index (χ3n) is 2.75. The van der Waals surface area contributed by atoms with Gasteiger partial charge < -0.3 is 5.11 Å². The molecule has 0 saturated heterocycles. The van der Waals surface area contributed by atoms with Crippen LogP contribution in [-0.4, -0.2) is 20.9 Å². The molecule has 0 unspecified atom stereocenters. The number of rotatable bonds is 2. The molecular formula is C13H9F3N2O3. The zero-order valence-electron chi connectivity index (χ0n) is 10.7. The monoisotopic (exact) mass is 298 g/mol. The van der Waals surface area contributed by atoms with Crippen LogP contribution in [0, 0.1) is 6.92 Å². The molecule has 1 aromatic heterocycles. The van der Waals surface area contributed by atoms with Crippen LogP contribution in [0.1, 0.15) is 21.7 Å². The summed E-state index contributed by atoms with van der Waals surface area (Å²) in [5.74, 6) is -1.50. The Morgan fingerprint density at radius 2 is 1.81 bits per heavy atom. The topological polar surface area (TPSA) is 72.2 Å². The van der Waals surface area contributed by atoms with Crippen molar-refractivity contribution in [3.63, 3.8) is 0 Å². The van der Waals surface area contributed by atoms with Gasteiger partial charge in [0.15, 0.2) is 0 Å². The predicted molar refractivity (Wildman–Crippen MR) is 66.5 cm³/mol. The first-order valence-corrected chi connectivity index (χ1v) is 5.72. The maximum absolute atomic E-state index is 12.5. The molecule has 8 heteroatoms. The van der Waals surface area contributed by atoms with Crippen LogP contribution in [-0.2, 0) is 6.18 Å². The number of carbonyl (C=O) groups is 1. The molecular weight excluding hydrogens is 289 g/mol. The number of hydrogen-bond donors (Lipinski definition) is 1. The Hall–Kier alpha value is -2.64. The quantitative estimate of drug-likeness (QED) is 0.923. The highest BCUT2D eigenvalue weighted by atomic mass is 19.4. The van der Waals surface area contributed by atoms with Crippen LogP contribution in [0.5, 0.6) is 0 Å². The standard InChI is InChI=1S/C13H9F3N2O3/c1-7-6-10(19)11(12(20)21)17-18(7)9-4-2-8(3-5-9)13(14,15)16/h2-6H,1H3,(H,20,21). The minimum absolute atomic E-state index is 0.225. The van der Waals surface area contributed by atoms with Crippen molar-refractivity contribution in [1.82, 2.24) is 9.78 Å². The fourth-order valence-corrected chi connectivity index (χ4v) is 1.75. The van der Waals surface area contributed by atoms with Gasteiger partial charge in [0.2, 0.25) is 11.1 Å². The van der Waals surface area contributed by atoms with Crippen molar-refractivity contribution >= 4 is 5.97 Å². The summed E-state index contributed by atoms with van der Waals surface area (Å²) >= 11 is 0. The average molecular weight is 298 g/mol. The van der Waals surface area contributed by atoms with Gasteiger partial charge in [-0.15, -0.1) is 0 Å². The Morgan fingerprint density at radius 1 is 1.24 bits per heavy atom. The number of alkyl halides is 3. The van der Waals surface area contributed by atoms with Gasteiger partial charge in [0, 0.05) is 11.8 Å². The van der Waals surface area contributed by atoms with Gasteiger partial charge in [0.1, 0.15) is 0 Å². The van der Waals surface area contributed by atoms with Crippen LogP contribution < -0.4 is 5.43 Å². The van der Waals surface area contributed by atoms with Gasteiger partial charge in [-0.25, -0.2) is 9.48 Å². The normalized spacial score (nSPS) is 11.4. The molecule has 0 spiro atoms. The van der Waals surface area contributed by atoms with Crippen LogP contribution >= 0.6 is 0 Å². The van der Waals surface area contributed by atoms with Crippen molar-refractivity contribution < 1.29 is 23.1 Å². The van der Waals surface area contributed by atoms with Crippen LogP contribution in [0.3, 0.4) is 0 Å². The Bertz CT molecular complexity index is 749. The molecule has 1 N–H and O–H groups in total. The van der Waals surface area contributed by atoms with Crippen molar-refractivity contribution in [2.75, 3.05) is 0 Å². The predicted octanol–water partition coefficient (Wildman–Crippen LogP) is 2.26. The van der Waals surface area contributed by atoms with Gasteiger partial charge in [-0.1, -0.05) is 0 Å². The number of benzene rings is 1. The molecule has 0 saturated carbocycles. The number of aryl methyl sites for hydroxylation is 1. The number of aromatic nitrogens is 2. The SMILES string of the molecule is Cc1cc(=O)c(C(=O)O)nn1-c1ccc(C(F)(F)F)cc1. The maximum Gasteiger partial charge on any atom is 0.416 e. The zero-order chi connectivity index (χ0) is 15.8. The smallest absolute Gasteiger partial charge is 0.416 e. The van der Waals surface area contributed by atoms with Crippen molar-refractivity contribution in [2.45, 2.75) is 13.1 Å². The molecule has 21 heavy (non-hydrogen) atoms. The molecule has 0 aliphatic rings. The van der Waals surface area contributed by atoms with Crippen LogP contribution in [0.15, 0.2) is 35.1 Å². The average Bonchev–Trinajstić information content (AvgIpc) is 2.37. The van der Waals surface area contributed by atoms with E-state index in [0.717, 1.165) is 35.0 Å². The number of carboxylic acid groups (broad SMARTS) is 1. The molecule has 0 aliphatic carbocycles. The van der Waals surface area contributed by atoms with Crippen LogP contribution in [0.25, 0.3) is 5.69 Å². The second kappa shape index (κ2) is 5.04. The second-order valence-electron chi connectivity index (χ2n) is 4.26. The lowest BCUT2D eigenvalue weighted by Gasteiger charge is -2.11. The lowest BCUT2D eigenvalue weighted by Crippen LogP contribution is -2.22. The van der Waals surface area contributed by atoms with E-state index in [1.165, 1.54) is 6.92 Å². The largest absolute Gasteiger partial charge is 0.476 e. The maximum atomic E-state index is 12.5. The van der Waals surface area contributed by atoms with Crippen LogP contribution in [0.4, 0.5) is 13.2 Å². The fraction of sp³-hybridized carbons (Fsp3) is 0.154. The van der Waals surface area contributed by atoms with E-state index in [1.807, 2.05) is 0 Å². The van der Waals surface area contributed by atoms with E-state index >= 15 is 0 Å². The van der Waals surface area contributed by atoms with E-state index in [4.69, 9.17) is 5.11 Å². The van der Waals surface area contributed by atoms with E-state index in [2.05, 4.69) is 5.10 Å². The summed E-state index contributed by atoms with van der Waals surface area (Å²) in [6, 6.07) is 5.08. The van der Waals surface area contributed by atoms with Gasteiger partial charge in [0.25, 0.3) is 0 Å². The summed E-state index contributed by atoms with van der Waals surface area (Å²) < 4.78 is 38.6. The lowest BCUT2D eigenvalue weighted by atomic mass is 10.2. The molecule has 0 bridgehead atoms. The summed E-state index contributed by atoms with van der Waals surface area (Å²) in [4.78, 5) is 22.3. The number of carboxylic acids is 1. The number of aromatic carboxylic acids is 1. The fourth-order valence-electron chi connectivity index (χ4n) is 1.75. The highest BCUT2D eigenvalue weighted by molar-refractivity contribution is 5.84. The summed E-state index contributed by atoms with van der Waals surface area (Å²) in [6.07, 6.45) is -4.46. The molecule has 110 valence electrons. The molecule has 0 aliphatic heterocycles. The summed E-state index contributed by atoms with van der Waals surface area (Å²) in [7, 11) is 0. The van der Waals surface area contributed by atoms with Gasteiger partial charge >= 0.3 is 12.1 Å². The summed E-state index contributed by atoms with van der Waals surface area (Å²) in [5.41, 5.74) is -1.75. The van der Waals surface area contributed by atoms with Gasteiger partial charge in [-0.05, 0) is 31.2 Å². The third-order valence-corrected chi connectivity index (χ3v) is 2.75. The molecule has 0 radical (unpaired) electrons. The van der Waals surface area contributed by atoms with Gasteiger partial charge in [-0.2, -0.15) is 18.3 Å². The van der Waals surface area contributed by atoms with E-state index in [0.29, 0.717) is 5.69 Å².